The SMILES string of the molecule is N#Cc1ccc(N2C(=O)CN(C3CC3)C2=O)cc1. The largest absolute Gasteiger partial charge is 0.332 e. The molecule has 1 saturated carbocycles. The summed E-state index contributed by atoms with van der Waals surface area (Å²) in [5.41, 5.74) is 1.05. The van der Waals surface area contributed by atoms with E-state index in [0.29, 0.717) is 11.3 Å². The summed E-state index contributed by atoms with van der Waals surface area (Å²) < 4.78 is 0. The van der Waals surface area contributed by atoms with Gasteiger partial charge in [0, 0.05) is 6.04 Å². The lowest BCUT2D eigenvalue weighted by atomic mass is 10.2. The van der Waals surface area contributed by atoms with Gasteiger partial charge >= 0.3 is 6.03 Å². The Bertz CT molecular complexity index is 555. The molecule has 0 radical (unpaired) electrons. The zero-order valence-electron chi connectivity index (χ0n) is 9.67. The zero-order valence-corrected chi connectivity index (χ0v) is 9.67. The van der Waals surface area contributed by atoms with Gasteiger partial charge in [-0.25, -0.2) is 9.69 Å². The molecule has 0 unspecified atom stereocenters. The molecule has 2 aliphatic rings. The number of amides is 3. The van der Waals surface area contributed by atoms with Crippen LogP contribution < -0.4 is 4.90 Å². The Hall–Kier alpha value is -2.35. The monoisotopic (exact) mass is 241 g/mol. The van der Waals surface area contributed by atoms with Crippen LogP contribution in [0.2, 0.25) is 0 Å². The maximum Gasteiger partial charge on any atom is 0.332 e. The standard InChI is InChI=1S/C13H11N3O2/c14-7-9-1-3-11(4-2-9)16-12(17)8-15(13(16)18)10-5-6-10/h1-4,10H,5-6,8H2. The van der Waals surface area contributed by atoms with Crippen molar-refractivity contribution in [2.75, 3.05) is 11.4 Å². The van der Waals surface area contributed by atoms with Gasteiger partial charge in [0.25, 0.3) is 5.91 Å². The van der Waals surface area contributed by atoms with Gasteiger partial charge in [-0.3, -0.25) is 4.79 Å². The van der Waals surface area contributed by atoms with Crippen LogP contribution in [0.4, 0.5) is 10.5 Å². The van der Waals surface area contributed by atoms with Crippen LogP contribution in [0.15, 0.2) is 24.3 Å². The number of rotatable bonds is 2. The number of nitrogens with zero attached hydrogens (tertiary/aromatic N) is 3. The van der Waals surface area contributed by atoms with Gasteiger partial charge < -0.3 is 4.90 Å². The smallest absolute Gasteiger partial charge is 0.312 e. The van der Waals surface area contributed by atoms with E-state index in [9.17, 15) is 9.59 Å². The van der Waals surface area contributed by atoms with Crippen LogP contribution in [0.3, 0.4) is 0 Å². The maximum absolute atomic E-state index is 12.1. The first kappa shape index (κ1) is 10.8. The van der Waals surface area contributed by atoms with Crippen LogP contribution in [-0.2, 0) is 4.79 Å². The highest BCUT2D eigenvalue weighted by Crippen LogP contribution is 2.32. The van der Waals surface area contributed by atoms with Crippen molar-refractivity contribution in [3.8, 4) is 6.07 Å². The summed E-state index contributed by atoms with van der Waals surface area (Å²) in [4.78, 5) is 26.8. The summed E-state index contributed by atoms with van der Waals surface area (Å²) >= 11 is 0. The number of urea groups is 1. The van der Waals surface area contributed by atoms with Gasteiger partial charge in [-0.05, 0) is 37.1 Å². The second-order valence-corrected chi connectivity index (χ2v) is 4.53. The Labute approximate surface area is 104 Å². The van der Waals surface area contributed by atoms with Crippen molar-refractivity contribution < 1.29 is 9.59 Å². The number of carbonyl (C=O) groups is 2. The number of carbonyl (C=O) groups excluding carboxylic acids is 2. The second-order valence-electron chi connectivity index (χ2n) is 4.53. The number of hydrogen-bond donors (Lipinski definition) is 0. The molecule has 1 aliphatic carbocycles. The average molecular weight is 241 g/mol. The highest BCUT2D eigenvalue weighted by atomic mass is 16.2. The summed E-state index contributed by atoms with van der Waals surface area (Å²) in [6.07, 6.45) is 1.97. The molecule has 90 valence electrons. The lowest BCUT2D eigenvalue weighted by molar-refractivity contribution is -0.116. The van der Waals surface area contributed by atoms with Crippen LogP contribution in [0.5, 0.6) is 0 Å². The van der Waals surface area contributed by atoms with Crippen molar-refractivity contribution in [2.24, 2.45) is 0 Å². The lowest BCUT2D eigenvalue weighted by Gasteiger charge is -2.16. The van der Waals surface area contributed by atoms with E-state index in [1.165, 1.54) is 4.90 Å². The molecule has 1 aliphatic heterocycles. The fourth-order valence-electron chi connectivity index (χ4n) is 2.13. The van der Waals surface area contributed by atoms with Crippen LogP contribution >= 0.6 is 0 Å². The van der Waals surface area contributed by atoms with Gasteiger partial charge in [-0.1, -0.05) is 0 Å². The first-order valence-corrected chi connectivity index (χ1v) is 5.84. The van der Waals surface area contributed by atoms with Crippen molar-refractivity contribution in [2.45, 2.75) is 18.9 Å². The molecule has 1 aromatic carbocycles. The summed E-state index contributed by atoms with van der Waals surface area (Å²) in [6, 6.07) is 8.48. The Morgan fingerprint density at radius 3 is 2.39 bits per heavy atom. The van der Waals surface area contributed by atoms with Crippen molar-refractivity contribution in [1.82, 2.24) is 4.90 Å². The fraction of sp³-hybridized carbons (Fsp3) is 0.308. The lowest BCUT2D eigenvalue weighted by Crippen LogP contribution is -2.34. The molecule has 5 nitrogen and oxygen atoms in total. The van der Waals surface area contributed by atoms with Gasteiger partial charge in [0.05, 0.1) is 17.3 Å². The molecule has 0 atom stereocenters. The highest BCUT2D eigenvalue weighted by molar-refractivity contribution is 6.19. The molecule has 1 aromatic rings. The van der Waals surface area contributed by atoms with E-state index in [4.69, 9.17) is 5.26 Å². The third-order valence-electron chi connectivity index (χ3n) is 3.23. The van der Waals surface area contributed by atoms with E-state index in [1.54, 1.807) is 29.2 Å². The van der Waals surface area contributed by atoms with Crippen LogP contribution in [0.25, 0.3) is 0 Å². The number of imide groups is 1. The molecular formula is C13H11N3O2. The highest BCUT2D eigenvalue weighted by Gasteiger charge is 2.44. The summed E-state index contributed by atoms with van der Waals surface area (Å²) in [5, 5.41) is 8.72. The second kappa shape index (κ2) is 3.84. The molecule has 3 amide bonds. The Morgan fingerprint density at radius 1 is 1.17 bits per heavy atom. The summed E-state index contributed by atoms with van der Waals surface area (Å²) in [5.74, 6) is -0.198. The molecule has 3 rings (SSSR count). The average Bonchev–Trinajstić information content (AvgIpc) is 3.17. The number of nitriles is 1. The third-order valence-corrected chi connectivity index (χ3v) is 3.23. The summed E-state index contributed by atoms with van der Waals surface area (Å²) in [6.45, 7) is 0.170. The fourth-order valence-corrected chi connectivity index (χ4v) is 2.13. The van der Waals surface area contributed by atoms with Gasteiger partial charge in [0.1, 0.15) is 6.54 Å². The predicted octanol–water partition coefficient (Wildman–Crippen LogP) is 1.49. The molecule has 1 heterocycles. The first-order chi connectivity index (χ1) is 8.70. The molecule has 0 N–H and O–H groups in total. The minimum absolute atomic E-state index is 0.170. The van der Waals surface area contributed by atoms with Gasteiger partial charge in [0.15, 0.2) is 0 Å². The van der Waals surface area contributed by atoms with Gasteiger partial charge in [0.2, 0.25) is 0 Å². The van der Waals surface area contributed by atoms with Gasteiger partial charge in [-0.15, -0.1) is 0 Å². The van der Waals surface area contributed by atoms with Gasteiger partial charge in [-0.2, -0.15) is 5.26 Å². The van der Waals surface area contributed by atoms with Crippen LogP contribution in [0.1, 0.15) is 18.4 Å². The van der Waals surface area contributed by atoms with Crippen molar-refractivity contribution in [3.05, 3.63) is 29.8 Å². The number of anilines is 1. The first-order valence-electron chi connectivity index (χ1n) is 5.84. The quantitative estimate of drug-likeness (QED) is 0.737. The van der Waals surface area contributed by atoms with E-state index < -0.39 is 0 Å². The Kier molecular flexibility index (Phi) is 2.30. The Balaban J connectivity index is 1.88. The predicted molar refractivity (Wildman–Crippen MR) is 63.8 cm³/mol. The summed E-state index contributed by atoms with van der Waals surface area (Å²) in [7, 11) is 0. The van der Waals surface area contributed by atoms with Crippen LogP contribution in [0, 0.1) is 11.3 Å². The van der Waals surface area contributed by atoms with Crippen molar-refractivity contribution in [3.63, 3.8) is 0 Å². The zero-order chi connectivity index (χ0) is 12.7. The third kappa shape index (κ3) is 1.63. The molecule has 5 heteroatoms. The number of hydrogen-bond acceptors (Lipinski definition) is 3. The molecule has 18 heavy (non-hydrogen) atoms. The minimum Gasteiger partial charge on any atom is -0.312 e. The van der Waals surface area contributed by atoms with E-state index in [1.807, 2.05) is 6.07 Å². The van der Waals surface area contributed by atoms with Crippen LogP contribution in [-0.4, -0.2) is 29.4 Å². The van der Waals surface area contributed by atoms with E-state index >= 15 is 0 Å². The Morgan fingerprint density at radius 2 is 1.83 bits per heavy atom. The van der Waals surface area contributed by atoms with E-state index in [2.05, 4.69) is 0 Å². The number of benzene rings is 1. The molecule has 1 saturated heterocycles. The van der Waals surface area contributed by atoms with Crippen molar-refractivity contribution >= 4 is 17.6 Å². The maximum atomic E-state index is 12.1. The molecule has 0 spiro atoms. The minimum atomic E-state index is -0.243. The molecule has 0 bridgehead atoms. The molecular weight excluding hydrogens is 230 g/mol. The van der Waals surface area contributed by atoms with Crippen molar-refractivity contribution in [1.29, 1.82) is 5.26 Å². The van der Waals surface area contributed by atoms with E-state index in [0.717, 1.165) is 12.8 Å². The topological polar surface area (TPSA) is 64.4 Å². The molecule has 0 aromatic heterocycles. The normalized spacial score (nSPS) is 19.3. The molecule has 2 fully saturated rings. The van der Waals surface area contributed by atoms with E-state index in [-0.39, 0.29) is 24.5 Å².